The van der Waals surface area contributed by atoms with Crippen molar-refractivity contribution in [2.24, 2.45) is 5.92 Å². The molecule has 4 heteroatoms. The average molecular weight is 417 g/mol. The van der Waals surface area contributed by atoms with Crippen LogP contribution in [0, 0.1) is 11.7 Å². The van der Waals surface area contributed by atoms with Crippen LogP contribution in [0.3, 0.4) is 0 Å². The molecule has 2 atom stereocenters. The van der Waals surface area contributed by atoms with Gasteiger partial charge in [-0.15, -0.1) is 0 Å². The number of halogens is 1. The Balaban J connectivity index is 1.49. The Morgan fingerprint density at radius 2 is 1.55 bits per heavy atom. The zero-order valence-electron chi connectivity index (χ0n) is 18.0. The van der Waals surface area contributed by atoms with Crippen molar-refractivity contribution < 1.29 is 9.18 Å². The van der Waals surface area contributed by atoms with E-state index in [9.17, 15) is 9.18 Å². The standard InChI is InChI=1S/C27H29FN2O/c1-29(18-21-8-4-2-5-9-21)27(31)24-14-17-26(23-10-6-3-7-11-23)30(20-24)19-22-12-15-25(28)16-13-22/h2-13,15-16,24,26H,14,17-20H2,1H3/t24-,26+/m0/s1. The van der Waals surface area contributed by atoms with Gasteiger partial charge in [0.1, 0.15) is 5.82 Å². The second kappa shape index (κ2) is 9.88. The maximum atomic E-state index is 13.4. The lowest BCUT2D eigenvalue weighted by Crippen LogP contribution is -2.44. The molecule has 0 radical (unpaired) electrons. The van der Waals surface area contributed by atoms with Crippen LogP contribution in [-0.4, -0.2) is 29.3 Å². The highest BCUT2D eigenvalue weighted by molar-refractivity contribution is 5.79. The summed E-state index contributed by atoms with van der Waals surface area (Å²) in [4.78, 5) is 17.5. The van der Waals surface area contributed by atoms with Crippen molar-refractivity contribution in [3.8, 4) is 0 Å². The first-order chi connectivity index (χ1) is 15.1. The molecule has 1 aliphatic rings. The molecular weight excluding hydrogens is 387 g/mol. The molecule has 1 saturated heterocycles. The van der Waals surface area contributed by atoms with Gasteiger partial charge in [0, 0.05) is 32.7 Å². The molecule has 0 aliphatic carbocycles. The van der Waals surface area contributed by atoms with E-state index in [-0.39, 0.29) is 23.7 Å². The topological polar surface area (TPSA) is 23.6 Å². The highest BCUT2D eigenvalue weighted by atomic mass is 19.1. The number of likely N-dealkylation sites (tertiary alicyclic amines) is 1. The van der Waals surface area contributed by atoms with E-state index in [0.29, 0.717) is 19.6 Å². The van der Waals surface area contributed by atoms with Crippen LogP contribution in [0.1, 0.15) is 35.6 Å². The summed E-state index contributed by atoms with van der Waals surface area (Å²) >= 11 is 0. The van der Waals surface area contributed by atoms with Gasteiger partial charge in [0.05, 0.1) is 5.92 Å². The van der Waals surface area contributed by atoms with Crippen LogP contribution in [0.5, 0.6) is 0 Å². The molecule has 0 bridgehead atoms. The Labute approximate surface area is 184 Å². The van der Waals surface area contributed by atoms with E-state index >= 15 is 0 Å². The van der Waals surface area contributed by atoms with Gasteiger partial charge in [0.15, 0.2) is 0 Å². The summed E-state index contributed by atoms with van der Waals surface area (Å²) in [6, 6.07) is 27.5. The second-order valence-corrected chi connectivity index (χ2v) is 8.44. The van der Waals surface area contributed by atoms with Crippen molar-refractivity contribution in [3.05, 3.63) is 107 Å². The summed E-state index contributed by atoms with van der Waals surface area (Å²) in [5, 5.41) is 0. The number of amides is 1. The van der Waals surface area contributed by atoms with Gasteiger partial charge in [-0.3, -0.25) is 9.69 Å². The number of benzene rings is 3. The maximum absolute atomic E-state index is 13.4. The van der Waals surface area contributed by atoms with Crippen LogP contribution in [0.4, 0.5) is 4.39 Å². The van der Waals surface area contributed by atoms with E-state index in [4.69, 9.17) is 0 Å². The summed E-state index contributed by atoms with van der Waals surface area (Å²) in [5.41, 5.74) is 3.47. The van der Waals surface area contributed by atoms with Crippen molar-refractivity contribution in [2.45, 2.75) is 32.0 Å². The summed E-state index contributed by atoms with van der Waals surface area (Å²) in [6.07, 6.45) is 1.80. The summed E-state index contributed by atoms with van der Waals surface area (Å²) in [7, 11) is 1.89. The third kappa shape index (κ3) is 5.39. The zero-order valence-corrected chi connectivity index (χ0v) is 18.0. The minimum atomic E-state index is -0.224. The highest BCUT2D eigenvalue weighted by Crippen LogP contribution is 2.35. The van der Waals surface area contributed by atoms with Crippen LogP contribution in [0.15, 0.2) is 84.9 Å². The number of rotatable bonds is 6. The van der Waals surface area contributed by atoms with Gasteiger partial charge in [-0.05, 0) is 41.7 Å². The van der Waals surface area contributed by atoms with Crippen LogP contribution in [0.25, 0.3) is 0 Å². The third-order valence-corrected chi connectivity index (χ3v) is 6.16. The zero-order chi connectivity index (χ0) is 21.6. The van der Waals surface area contributed by atoms with E-state index in [1.807, 2.05) is 48.3 Å². The predicted octanol–water partition coefficient (Wildman–Crippen LogP) is 5.44. The second-order valence-electron chi connectivity index (χ2n) is 8.44. The Bertz CT molecular complexity index is 975. The third-order valence-electron chi connectivity index (χ3n) is 6.16. The van der Waals surface area contributed by atoms with E-state index < -0.39 is 0 Å². The first kappa shape index (κ1) is 21.3. The molecule has 1 heterocycles. The van der Waals surface area contributed by atoms with Crippen molar-refractivity contribution >= 4 is 5.91 Å². The first-order valence-corrected chi connectivity index (χ1v) is 10.9. The molecule has 31 heavy (non-hydrogen) atoms. The quantitative estimate of drug-likeness (QED) is 0.534. The Kier molecular flexibility index (Phi) is 6.78. The van der Waals surface area contributed by atoms with Gasteiger partial charge >= 0.3 is 0 Å². The van der Waals surface area contributed by atoms with Gasteiger partial charge in [-0.1, -0.05) is 72.8 Å². The van der Waals surface area contributed by atoms with Crippen LogP contribution in [-0.2, 0) is 17.9 Å². The minimum absolute atomic E-state index is 0.0332. The molecular formula is C27H29FN2O. The van der Waals surface area contributed by atoms with E-state index in [1.54, 1.807) is 0 Å². The number of carbonyl (C=O) groups is 1. The van der Waals surface area contributed by atoms with Crippen molar-refractivity contribution in [2.75, 3.05) is 13.6 Å². The lowest BCUT2D eigenvalue weighted by Gasteiger charge is -2.40. The van der Waals surface area contributed by atoms with Crippen molar-refractivity contribution in [3.63, 3.8) is 0 Å². The van der Waals surface area contributed by atoms with Crippen molar-refractivity contribution in [1.29, 1.82) is 0 Å². The first-order valence-electron chi connectivity index (χ1n) is 10.9. The van der Waals surface area contributed by atoms with Gasteiger partial charge < -0.3 is 4.90 Å². The fourth-order valence-corrected chi connectivity index (χ4v) is 4.54. The molecule has 3 nitrogen and oxygen atoms in total. The molecule has 3 aromatic rings. The molecule has 1 aliphatic heterocycles. The number of piperidine rings is 1. The average Bonchev–Trinajstić information content (AvgIpc) is 2.81. The molecule has 0 saturated carbocycles. The predicted molar refractivity (Wildman–Crippen MR) is 122 cm³/mol. The largest absolute Gasteiger partial charge is 0.341 e. The highest BCUT2D eigenvalue weighted by Gasteiger charge is 2.34. The van der Waals surface area contributed by atoms with E-state index in [0.717, 1.165) is 24.0 Å². The fraction of sp³-hybridized carbons (Fsp3) is 0.296. The number of carbonyl (C=O) groups excluding carboxylic acids is 1. The van der Waals surface area contributed by atoms with Crippen LogP contribution in [0.2, 0.25) is 0 Å². The smallest absolute Gasteiger partial charge is 0.227 e. The normalized spacial score (nSPS) is 19.2. The van der Waals surface area contributed by atoms with Crippen LogP contribution >= 0.6 is 0 Å². The number of nitrogens with zero attached hydrogens (tertiary/aromatic N) is 2. The Hall–Kier alpha value is -2.98. The molecule has 1 amide bonds. The monoisotopic (exact) mass is 416 g/mol. The lowest BCUT2D eigenvalue weighted by molar-refractivity contribution is -0.137. The van der Waals surface area contributed by atoms with Gasteiger partial charge in [0.2, 0.25) is 5.91 Å². The van der Waals surface area contributed by atoms with Crippen molar-refractivity contribution in [1.82, 2.24) is 9.80 Å². The van der Waals surface area contributed by atoms with Gasteiger partial charge in [0.25, 0.3) is 0 Å². The van der Waals surface area contributed by atoms with Gasteiger partial charge in [-0.2, -0.15) is 0 Å². The number of hydrogen-bond donors (Lipinski definition) is 0. The summed E-state index contributed by atoms with van der Waals surface area (Å²) in [5.74, 6) is -0.0637. The summed E-state index contributed by atoms with van der Waals surface area (Å²) < 4.78 is 13.4. The Morgan fingerprint density at radius 1 is 0.903 bits per heavy atom. The van der Waals surface area contributed by atoms with E-state index in [2.05, 4.69) is 41.3 Å². The lowest BCUT2D eigenvalue weighted by atomic mass is 9.87. The summed E-state index contributed by atoms with van der Waals surface area (Å²) in [6.45, 7) is 2.02. The van der Waals surface area contributed by atoms with Crippen LogP contribution < -0.4 is 0 Å². The van der Waals surface area contributed by atoms with Gasteiger partial charge in [-0.25, -0.2) is 4.39 Å². The molecule has 160 valence electrons. The molecule has 0 spiro atoms. The Morgan fingerprint density at radius 3 is 2.23 bits per heavy atom. The molecule has 0 N–H and O–H groups in total. The molecule has 1 fully saturated rings. The minimum Gasteiger partial charge on any atom is -0.341 e. The molecule has 4 rings (SSSR count). The molecule has 0 aromatic heterocycles. The van der Waals surface area contributed by atoms with E-state index in [1.165, 1.54) is 17.7 Å². The SMILES string of the molecule is CN(Cc1ccccc1)C(=O)[C@H]1CC[C@H](c2ccccc2)N(Cc2ccc(F)cc2)C1. The fourth-order valence-electron chi connectivity index (χ4n) is 4.54. The number of hydrogen-bond acceptors (Lipinski definition) is 2. The molecule has 3 aromatic carbocycles. The maximum Gasteiger partial charge on any atom is 0.227 e. The molecule has 0 unspecified atom stereocenters.